The summed E-state index contributed by atoms with van der Waals surface area (Å²) in [7, 11) is 0. The lowest BCUT2D eigenvalue weighted by molar-refractivity contribution is 1.10. The highest BCUT2D eigenvalue weighted by Crippen LogP contribution is 2.18. The molecule has 2 heterocycles. The van der Waals surface area contributed by atoms with Gasteiger partial charge in [-0.05, 0) is 36.5 Å². The van der Waals surface area contributed by atoms with Gasteiger partial charge in [0.05, 0.1) is 5.52 Å². The molecule has 0 spiro atoms. The van der Waals surface area contributed by atoms with Gasteiger partial charge in [-0.1, -0.05) is 30.4 Å². The normalized spacial score (nSPS) is 18.1. The number of fused-ring (bicyclic) bond motifs is 1. The zero-order valence-electron chi connectivity index (χ0n) is 9.58. The van der Waals surface area contributed by atoms with Crippen molar-refractivity contribution in [2.24, 2.45) is 0 Å². The van der Waals surface area contributed by atoms with Gasteiger partial charge < -0.3 is 4.98 Å². The number of H-pyrrole nitrogens is 1. The monoisotopic (exact) mass is 253 g/mol. The molecule has 1 aliphatic rings. The van der Waals surface area contributed by atoms with Gasteiger partial charge in [-0.25, -0.2) is 4.98 Å². The number of hydrogen-bond acceptors (Lipinski definition) is 2. The number of imidazole rings is 1. The van der Waals surface area contributed by atoms with E-state index >= 15 is 0 Å². The molecule has 2 aromatic heterocycles. The lowest BCUT2D eigenvalue weighted by Gasteiger charge is -2.05. The molecule has 4 heteroatoms. The van der Waals surface area contributed by atoms with Gasteiger partial charge in [0.2, 0.25) is 0 Å². The molecule has 0 bridgehead atoms. The second kappa shape index (κ2) is 4.58. The first-order valence-electron chi connectivity index (χ1n) is 5.64. The molecule has 0 unspecified atom stereocenters. The van der Waals surface area contributed by atoms with Crippen LogP contribution in [0.3, 0.4) is 0 Å². The van der Waals surface area contributed by atoms with Crippen LogP contribution >= 0.6 is 12.2 Å². The molecule has 0 saturated heterocycles. The van der Waals surface area contributed by atoms with Crippen LogP contribution in [-0.2, 0) is 0 Å². The van der Waals surface area contributed by atoms with Crippen LogP contribution < -0.4 is 0 Å². The minimum atomic E-state index is 0.651. The van der Waals surface area contributed by atoms with Gasteiger partial charge in [-0.2, -0.15) is 0 Å². The van der Waals surface area contributed by atoms with Gasteiger partial charge >= 0.3 is 0 Å². The molecule has 3 nitrogen and oxygen atoms in total. The Kier molecular flexibility index (Phi) is 2.78. The predicted molar refractivity (Wildman–Crippen MR) is 76.6 cm³/mol. The summed E-state index contributed by atoms with van der Waals surface area (Å²) in [5.74, 6) is 0. The van der Waals surface area contributed by atoms with Gasteiger partial charge in [0, 0.05) is 11.9 Å². The zero-order chi connectivity index (χ0) is 12.4. The Morgan fingerprint density at radius 3 is 2.89 bits per heavy atom. The number of nitrogens with zero attached hydrogens (tertiary/aromatic N) is 2. The Hall–Kier alpha value is -2.20. The maximum absolute atomic E-state index is 5.36. The first-order valence-corrected chi connectivity index (χ1v) is 6.05. The Balaban J connectivity index is 2.26. The van der Waals surface area contributed by atoms with E-state index in [0.717, 1.165) is 16.9 Å². The summed E-state index contributed by atoms with van der Waals surface area (Å²) in [6.07, 6.45) is 15.7. The minimum Gasteiger partial charge on any atom is -0.315 e. The first kappa shape index (κ1) is 10.9. The van der Waals surface area contributed by atoms with Gasteiger partial charge in [-0.15, -0.1) is 0 Å². The minimum absolute atomic E-state index is 0.651. The van der Waals surface area contributed by atoms with Crippen molar-refractivity contribution in [3.05, 3.63) is 65.6 Å². The maximum Gasteiger partial charge on any atom is 0.183 e. The fourth-order valence-electron chi connectivity index (χ4n) is 1.90. The second-order valence-electron chi connectivity index (χ2n) is 3.86. The third kappa shape index (κ3) is 1.87. The molecule has 0 radical (unpaired) electrons. The highest BCUT2D eigenvalue weighted by Gasteiger charge is 2.06. The fourth-order valence-corrected chi connectivity index (χ4v) is 2.20. The summed E-state index contributed by atoms with van der Waals surface area (Å²) in [4.78, 5) is 7.38. The number of nitrogens with one attached hydrogen (secondary N) is 1. The first-order chi connectivity index (χ1) is 8.86. The average molecular weight is 253 g/mol. The van der Waals surface area contributed by atoms with Crippen molar-refractivity contribution in [3.63, 3.8) is 0 Å². The molecule has 0 saturated carbocycles. The molecule has 0 fully saturated rings. The lowest BCUT2D eigenvalue weighted by Crippen LogP contribution is -1.94. The Morgan fingerprint density at radius 1 is 1.11 bits per heavy atom. The van der Waals surface area contributed by atoms with Gasteiger partial charge in [0.25, 0.3) is 0 Å². The molecule has 18 heavy (non-hydrogen) atoms. The van der Waals surface area contributed by atoms with E-state index in [9.17, 15) is 0 Å². The summed E-state index contributed by atoms with van der Waals surface area (Å²) in [6, 6.07) is 3.91. The highest BCUT2D eigenvalue weighted by molar-refractivity contribution is 7.71. The zero-order valence-corrected chi connectivity index (χ0v) is 10.4. The molecule has 1 aliphatic carbocycles. The average Bonchev–Trinajstić information content (AvgIpc) is 2.65. The predicted octanol–water partition coefficient (Wildman–Crippen LogP) is 3.62. The fraction of sp³-hybridized carbons (Fsp3) is 0. The Labute approximate surface area is 109 Å². The van der Waals surface area contributed by atoms with E-state index in [0.29, 0.717) is 4.77 Å². The number of allylic oxidation sites excluding steroid dienone is 8. The molecule has 0 amide bonds. The molecular formula is C14H11N3S. The molecule has 0 aliphatic heterocycles. The van der Waals surface area contributed by atoms with E-state index in [1.807, 2.05) is 59.2 Å². The lowest BCUT2D eigenvalue weighted by atomic mass is 10.2. The molecular weight excluding hydrogens is 242 g/mol. The van der Waals surface area contributed by atoms with Crippen molar-refractivity contribution in [1.82, 2.24) is 14.5 Å². The molecule has 0 aromatic carbocycles. The van der Waals surface area contributed by atoms with Gasteiger partial charge in [-0.3, -0.25) is 4.57 Å². The van der Waals surface area contributed by atoms with E-state index in [1.165, 1.54) is 0 Å². The van der Waals surface area contributed by atoms with Crippen molar-refractivity contribution >= 4 is 29.1 Å². The standard InChI is InChI=1S/C14H11N3S/c18-14-16-13-12(9-6-10-15-13)17(14)11-7-4-2-1-3-5-8-11/h1-10H,(H,15,16,18)/b2-1-,3-1?,4-2?,5-3-,7-4?,8-5?,11-7?,11-8?. The van der Waals surface area contributed by atoms with Crippen molar-refractivity contribution in [3.8, 4) is 0 Å². The van der Waals surface area contributed by atoms with Gasteiger partial charge in [0.15, 0.2) is 10.4 Å². The Morgan fingerprint density at radius 2 is 1.94 bits per heavy atom. The number of rotatable bonds is 1. The number of pyridine rings is 1. The van der Waals surface area contributed by atoms with Crippen LogP contribution in [0.25, 0.3) is 16.9 Å². The number of hydrogen-bond donors (Lipinski definition) is 1. The molecule has 1 N–H and O–H groups in total. The van der Waals surface area contributed by atoms with Crippen molar-refractivity contribution in [2.45, 2.75) is 0 Å². The van der Waals surface area contributed by atoms with E-state index in [4.69, 9.17) is 12.2 Å². The topological polar surface area (TPSA) is 33.6 Å². The third-order valence-electron chi connectivity index (χ3n) is 2.69. The smallest absolute Gasteiger partial charge is 0.183 e. The third-order valence-corrected chi connectivity index (χ3v) is 2.98. The van der Waals surface area contributed by atoms with E-state index in [-0.39, 0.29) is 0 Å². The number of aromatic nitrogens is 3. The summed E-state index contributed by atoms with van der Waals surface area (Å²) < 4.78 is 2.63. The highest BCUT2D eigenvalue weighted by atomic mass is 32.1. The van der Waals surface area contributed by atoms with Crippen LogP contribution in [0, 0.1) is 4.77 Å². The summed E-state index contributed by atoms with van der Waals surface area (Å²) >= 11 is 5.36. The van der Waals surface area contributed by atoms with Crippen LogP contribution in [0.4, 0.5) is 0 Å². The molecule has 88 valence electrons. The second-order valence-corrected chi connectivity index (χ2v) is 4.24. The Bertz CT molecular complexity index is 757. The van der Waals surface area contributed by atoms with Crippen LogP contribution in [0.2, 0.25) is 0 Å². The van der Waals surface area contributed by atoms with Crippen LogP contribution in [-0.4, -0.2) is 14.5 Å². The van der Waals surface area contributed by atoms with E-state index in [2.05, 4.69) is 9.97 Å². The van der Waals surface area contributed by atoms with Crippen molar-refractivity contribution in [1.29, 1.82) is 0 Å². The quantitative estimate of drug-likeness (QED) is 0.787. The summed E-state index contributed by atoms with van der Waals surface area (Å²) in [6.45, 7) is 0. The number of aromatic amines is 1. The largest absolute Gasteiger partial charge is 0.315 e. The van der Waals surface area contributed by atoms with Crippen molar-refractivity contribution < 1.29 is 0 Å². The van der Waals surface area contributed by atoms with Crippen molar-refractivity contribution in [2.75, 3.05) is 0 Å². The van der Waals surface area contributed by atoms with Crippen LogP contribution in [0.15, 0.2) is 60.9 Å². The van der Waals surface area contributed by atoms with E-state index < -0.39 is 0 Å². The van der Waals surface area contributed by atoms with Crippen LogP contribution in [0.5, 0.6) is 0 Å². The van der Waals surface area contributed by atoms with Gasteiger partial charge in [0.1, 0.15) is 0 Å². The summed E-state index contributed by atoms with van der Waals surface area (Å²) in [5, 5.41) is 0. The molecule has 2 aromatic rings. The van der Waals surface area contributed by atoms with E-state index in [1.54, 1.807) is 6.20 Å². The maximum atomic E-state index is 5.36. The molecule has 0 atom stereocenters. The SMILES string of the molecule is S=c1[nH]c2ncccc2n1C1=C/C=C\C=C/C=C1. The summed E-state index contributed by atoms with van der Waals surface area (Å²) in [5.41, 5.74) is 2.80. The van der Waals surface area contributed by atoms with Crippen LogP contribution in [0.1, 0.15) is 0 Å². The molecule has 3 rings (SSSR count).